The van der Waals surface area contributed by atoms with E-state index < -0.39 is 0 Å². The quantitative estimate of drug-likeness (QED) is 0.756. The highest BCUT2D eigenvalue weighted by atomic mass is 35.5. The molecule has 6 heteroatoms. The molecule has 1 amide bonds. The molecule has 1 N–H and O–H groups in total. The zero-order chi connectivity index (χ0) is 19.1. The Labute approximate surface area is 159 Å². The maximum Gasteiger partial charge on any atom is 0.241 e. The topological polar surface area (TPSA) is 50.8 Å². The minimum atomic E-state index is -0.308. The number of carbonyl (C=O) groups is 1. The third-order valence-electron chi connectivity index (χ3n) is 4.16. The first kappa shape index (κ1) is 20.1. The number of hydrogen-bond donors (Lipinski definition) is 1. The Kier molecular flexibility index (Phi) is 7.30. The minimum absolute atomic E-state index is 0.107. The Hall–Kier alpha value is -2.24. The van der Waals surface area contributed by atoms with Crippen molar-refractivity contribution in [2.24, 2.45) is 0 Å². The molecule has 26 heavy (non-hydrogen) atoms. The number of methoxy groups -OCH3 is 1. The number of halogens is 1. The SMILES string of the molecule is COc1ccc(NC(=O)C(C)N(C)CCOc2cccc(C)c2)cc1Cl. The molecule has 1 unspecified atom stereocenters. The number of ether oxygens (including phenoxy) is 2. The number of rotatable bonds is 8. The second-order valence-electron chi connectivity index (χ2n) is 6.16. The highest BCUT2D eigenvalue weighted by molar-refractivity contribution is 6.32. The van der Waals surface area contributed by atoms with Crippen LogP contribution in [0.1, 0.15) is 12.5 Å². The summed E-state index contributed by atoms with van der Waals surface area (Å²) in [7, 11) is 3.44. The molecule has 0 bridgehead atoms. The van der Waals surface area contributed by atoms with Gasteiger partial charge in [-0.2, -0.15) is 0 Å². The number of aryl methyl sites for hydroxylation is 1. The first-order valence-electron chi connectivity index (χ1n) is 8.45. The number of amides is 1. The van der Waals surface area contributed by atoms with E-state index in [1.165, 1.54) is 0 Å². The molecule has 0 fully saturated rings. The fraction of sp³-hybridized carbons (Fsp3) is 0.350. The van der Waals surface area contributed by atoms with Crippen molar-refractivity contribution >= 4 is 23.2 Å². The summed E-state index contributed by atoms with van der Waals surface area (Å²) in [5, 5.41) is 3.33. The number of anilines is 1. The molecule has 0 radical (unpaired) electrons. The molecule has 0 aliphatic carbocycles. The van der Waals surface area contributed by atoms with E-state index in [-0.39, 0.29) is 11.9 Å². The number of likely N-dealkylation sites (N-methyl/N-ethyl adjacent to an activating group) is 1. The summed E-state index contributed by atoms with van der Waals surface area (Å²) in [4.78, 5) is 14.4. The normalized spacial score (nSPS) is 11.9. The van der Waals surface area contributed by atoms with Crippen LogP contribution < -0.4 is 14.8 Å². The van der Waals surface area contributed by atoms with Crippen LogP contribution in [0.5, 0.6) is 11.5 Å². The fourth-order valence-electron chi connectivity index (χ4n) is 2.40. The molecule has 0 aromatic heterocycles. The van der Waals surface area contributed by atoms with Crippen LogP contribution in [-0.2, 0) is 4.79 Å². The number of nitrogens with zero attached hydrogens (tertiary/aromatic N) is 1. The van der Waals surface area contributed by atoms with Crippen molar-refractivity contribution in [1.29, 1.82) is 0 Å². The van der Waals surface area contributed by atoms with E-state index in [1.807, 2.05) is 50.1 Å². The Bertz CT molecular complexity index is 752. The molecule has 0 aliphatic heterocycles. The van der Waals surface area contributed by atoms with Crippen LogP contribution in [0.25, 0.3) is 0 Å². The van der Waals surface area contributed by atoms with Crippen molar-refractivity contribution in [3.8, 4) is 11.5 Å². The number of hydrogen-bond acceptors (Lipinski definition) is 4. The van der Waals surface area contributed by atoms with Crippen molar-refractivity contribution in [1.82, 2.24) is 4.90 Å². The molecular formula is C20H25ClN2O3. The monoisotopic (exact) mass is 376 g/mol. The first-order valence-corrected chi connectivity index (χ1v) is 8.82. The van der Waals surface area contributed by atoms with Gasteiger partial charge in [0.05, 0.1) is 18.2 Å². The van der Waals surface area contributed by atoms with Crippen LogP contribution in [0, 0.1) is 6.92 Å². The Balaban J connectivity index is 1.83. The molecular weight excluding hydrogens is 352 g/mol. The Morgan fingerprint density at radius 3 is 2.69 bits per heavy atom. The highest BCUT2D eigenvalue weighted by Crippen LogP contribution is 2.27. The van der Waals surface area contributed by atoms with E-state index >= 15 is 0 Å². The third kappa shape index (κ3) is 5.64. The number of carbonyl (C=O) groups excluding carboxylic acids is 1. The molecule has 0 saturated carbocycles. The zero-order valence-electron chi connectivity index (χ0n) is 15.6. The van der Waals surface area contributed by atoms with Crippen molar-refractivity contribution in [3.63, 3.8) is 0 Å². The van der Waals surface area contributed by atoms with Gasteiger partial charge in [0.15, 0.2) is 0 Å². The summed E-state index contributed by atoms with van der Waals surface area (Å²) in [6.07, 6.45) is 0. The van der Waals surface area contributed by atoms with E-state index in [0.29, 0.717) is 29.6 Å². The van der Waals surface area contributed by atoms with Gasteiger partial charge in [-0.05, 0) is 56.8 Å². The lowest BCUT2D eigenvalue weighted by Gasteiger charge is -2.24. The van der Waals surface area contributed by atoms with Crippen molar-refractivity contribution in [2.75, 3.05) is 32.6 Å². The van der Waals surface area contributed by atoms with Gasteiger partial charge in [-0.25, -0.2) is 0 Å². The van der Waals surface area contributed by atoms with Gasteiger partial charge in [-0.1, -0.05) is 23.7 Å². The molecule has 2 aromatic rings. The summed E-state index contributed by atoms with van der Waals surface area (Å²) in [6.45, 7) is 5.02. The molecule has 140 valence electrons. The van der Waals surface area contributed by atoms with Gasteiger partial charge in [0.25, 0.3) is 0 Å². The van der Waals surface area contributed by atoms with Gasteiger partial charge in [-0.3, -0.25) is 9.69 Å². The zero-order valence-corrected chi connectivity index (χ0v) is 16.3. The maximum absolute atomic E-state index is 12.4. The molecule has 1 atom stereocenters. The van der Waals surface area contributed by atoms with Gasteiger partial charge in [-0.15, -0.1) is 0 Å². The van der Waals surface area contributed by atoms with E-state index in [1.54, 1.807) is 25.3 Å². The van der Waals surface area contributed by atoms with Crippen molar-refractivity contribution < 1.29 is 14.3 Å². The number of benzene rings is 2. The first-order chi connectivity index (χ1) is 12.4. The molecule has 0 heterocycles. The molecule has 0 aliphatic rings. The van der Waals surface area contributed by atoms with Crippen molar-refractivity contribution in [3.05, 3.63) is 53.1 Å². The molecule has 0 spiro atoms. The van der Waals surface area contributed by atoms with E-state index in [9.17, 15) is 4.79 Å². The Morgan fingerprint density at radius 1 is 1.27 bits per heavy atom. The summed E-state index contributed by atoms with van der Waals surface area (Å²) in [5.41, 5.74) is 1.79. The average Bonchev–Trinajstić information content (AvgIpc) is 2.61. The number of nitrogens with one attached hydrogen (secondary N) is 1. The maximum atomic E-state index is 12.4. The third-order valence-corrected chi connectivity index (χ3v) is 4.46. The lowest BCUT2D eigenvalue weighted by molar-refractivity contribution is -0.120. The molecule has 5 nitrogen and oxygen atoms in total. The van der Waals surface area contributed by atoms with Crippen LogP contribution in [0.2, 0.25) is 5.02 Å². The van der Waals surface area contributed by atoms with Gasteiger partial charge in [0, 0.05) is 12.2 Å². The fourth-order valence-corrected chi connectivity index (χ4v) is 2.65. The lowest BCUT2D eigenvalue weighted by Crippen LogP contribution is -2.41. The highest BCUT2D eigenvalue weighted by Gasteiger charge is 2.18. The second kappa shape index (κ2) is 9.46. The summed E-state index contributed by atoms with van der Waals surface area (Å²) in [6, 6.07) is 12.8. The van der Waals surface area contributed by atoms with E-state index in [0.717, 1.165) is 11.3 Å². The van der Waals surface area contributed by atoms with Crippen LogP contribution in [0.4, 0.5) is 5.69 Å². The predicted molar refractivity (Wildman–Crippen MR) is 105 cm³/mol. The second-order valence-corrected chi connectivity index (χ2v) is 6.57. The van der Waals surface area contributed by atoms with E-state index in [2.05, 4.69) is 5.32 Å². The minimum Gasteiger partial charge on any atom is -0.495 e. The standard InChI is InChI=1S/C20H25ClN2O3/c1-14-6-5-7-17(12-14)26-11-10-23(3)15(2)20(24)22-16-8-9-19(25-4)18(21)13-16/h5-9,12-13,15H,10-11H2,1-4H3,(H,22,24). The van der Waals surface area contributed by atoms with Gasteiger partial charge < -0.3 is 14.8 Å². The predicted octanol–water partition coefficient (Wildman–Crippen LogP) is 3.99. The molecule has 2 aromatic carbocycles. The summed E-state index contributed by atoms with van der Waals surface area (Å²) >= 11 is 6.09. The molecule has 2 rings (SSSR count). The lowest BCUT2D eigenvalue weighted by atomic mass is 10.2. The van der Waals surface area contributed by atoms with Gasteiger partial charge in [0.2, 0.25) is 5.91 Å². The molecule has 0 saturated heterocycles. The van der Waals surface area contributed by atoms with Crippen molar-refractivity contribution in [2.45, 2.75) is 19.9 Å². The summed E-state index contributed by atoms with van der Waals surface area (Å²) in [5.74, 6) is 1.30. The van der Waals surface area contributed by atoms with Crippen LogP contribution in [0.3, 0.4) is 0 Å². The van der Waals surface area contributed by atoms with E-state index in [4.69, 9.17) is 21.1 Å². The summed E-state index contributed by atoms with van der Waals surface area (Å²) < 4.78 is 10.9. The van der Waals surface area contributed by atoms with Crippen LogP contribution >= 0.6 is 11.6 Å². The van der Waals surface area contributed by atoms with Crippen LogP contribution in [-0.4, -0.2) is 44.2 Å². The van der Waals surface area contributed by atoms with Crippen LogP contribution in [0.15, 0.2) is 42.5 Å². The average molecular weight is 377 g/mol. The van der Waals surface area contributed by atoms with Gasteiger partial charge in [0.1, 0.15) is 18.1 Å². The largest absolute Gasteiger partial charge is 0.495 e. The van der Waals surface area contributed by atoms with Gasteiger partial charge >= 0.3 is 0 Å². The Morgan fingerprint density at radius 2 is 2.04 bits per heavy atom. The smallest absolute Gasteiger partial charge is 0.241 e.